The molecule has 98 valence electrons. The maximum Gasteiger partial charge on any atom is 0.310 e. The molecule has 0 aromatic carbocycles. The minimum absolute atomic E-state index is 0.194. The summed E-state index contributed by atoms with van der Waals surface area (Å²) < 4.78 is 0. The van der Waals surface area contributed by atoms with Crippen LogP contribution in [0.25, 0.3) is 0 Å². The van der Waals surface area contributed by atoms with Crippen LogP contribution in [0.3, 0.4) is 0 Å². The smallest absolute Gasteiger partial charge is 0.310 e. The number of carbonyl (C=O) groups is 1. The van der Waals surface area contributed by atoms with Crippen molar-refractivity contribution in [3.8, 4) is 0 Å². The van der Waals surface area contributed by atoms with Gasteiger partial charge in [-0.3, -0.25) is 9.69 Å². The van der Waals surface area contributed by atoms with Crippen molar-refractivity contribution in [2.45, 2.75) is 64.3 Å². The second-order valence-electron chi connectivity index (χ2n) is 6.48. The van der Waals surface area contributed by atoms with Crippen LogP contribution < -0.4 is 0 Å². The largest absolute Gasteiger partial charge is 0.481 e. The number of carboxylic acids is 1. The highest BCUT2D eigenvalue weighted by Crippen LogP contribution is 2.40. The van der Waals surface area contributed by atoms with Gasteiger partial charge in [-0.1, -0.05) is 19.3 Å². The predicted octanol–water partition coefficient (Wildman–Crippen LogP) is 2.90. The molecule has 1 N–H and O–H groups in total. The van der Waals surface area contributed by atoms with Crippen molar-refractivity contribution in [2.24, 2.45) is 5.41 Å². The Balaban J connectivity index is 2.10. The molecule has 0 unspecified atom stereocenters. The molecule has 0 bridgehead atoms. The van der Waals surface area contributed by atoms with Crippen molar-refractivity contribution in [2.75, 3.05) is 13.1 Å². The summed E-state index contributed by atoms with van der Waals surface area (Å²) in [5.41, 5.74) is -0.264. The monoisotopic (exact) mass is 239 g/mol. The third-order valence-electron chi connectivity index (χ3n) is 4.83. The molecule has 1 saturated carbocycles. The standard InChI is InChI=1S/C14H25NO2/c1-13(2)7-6-10-15(13)11-14(12(16)17)8-4-3-5-9-14/h3-11H2,1-2H3,(H,16,17). The lowest BCUT2D eigenvalue weighted by molar-refractivity contribution is -0.153. The Morgan fingerprint density at radius 1 is 1.12 bits per heavy atom. The van der Waals surface area contributed by atoms with Gasteiger partial charge in [-0.05, 0) is 46.1 Å². The van der Waals surface area contributed by atoms with Crippen LogP contribution in [-0.4, -0.2) is 34.6 Å². The summed E-state index contributed by atoms with van der Waals surface area (Å²) in [7, 11) is 0. The molecule has 1 heterocycles. The van der Waals surface area contributed by atoms with Gasteiger partial charge in [0.2, 0.25) is 0 Å². The fourth-order valence-corrected chi connectivity index (χ4v) is 3.49. The summed E-state index contributed by atoms with van der Waals surface area (Å²) in [6.07, 6.45) is 7.52. The average molecular weight is 239 g/mol. The van der Waals surface area contributed by atoms with E-state index in [1.54, 1.807) is 0 Å². The number of likely N-dealkylation sites (tertiary alicyclic amines) is 1. The van der Waals surface area contributed by atoms with Gasteiger partial charge in [-0.2, -0.15) is 0 Å². The number of aliphatic carboxylic acids is 1. The molecular formula is C14H25NO2. The summed E-state index contributed by atoms with van der Waals surface area (Å²) in [4.78, 5) is 14.1. The number of carboxylic acid groups (broad SMARTS) is 1. The summed E-state index contributed by atoms with van der Waals surface area (Å²) in [5.74, 6) is -0.570. The molecule has 0 atom stereocenters. The van der Waals surface area contributed by atoms with E-state index in [1.165, 1.54) is 19.3 Å². The zero-order chi connectivity index (χ0) is 12.5. The van der Waals surface area contributed by atoms with E-state index in [0.29, 0.717) is 0 Å². The van der Waals surface area contributed by atoms with Crippen molar-refractivity contribution in [3.05, 3.63) is 0 Å². The van der Waals surface area contributed by atoms with E-state index in [4.69, 9.17) is 0 Å². The van der Waals surface area contributed by atoms with Crippen molar-refractivity contribution in [1.29, 1.82) is 0 Å². The van der Waals surface area contributed by atoms with Crippen molar-refractivity contribution in [1.82, 2.24) is 4.90 Å². The first-order valence-corrected chi connectivity index (χ1v) is 6.95. The van der Waals surface area contributed by atoms with Crippen molar-refractivity contribution in [3.63, 3.8) is 0 Å². The normalized spacial score (nSPS) is 28.1. The summed E-state index contributed by atoms with van der Waals surface area (Å²) in [5, 5.41) is 9.59. The Kier molecular flexibility index (Phi) is 3.48. The minimum Gasteiger partial charge on any atom is -0.481 e. The SMILES string of the molecule is CC1(C)CCCN1CC1(C(=O)O)CCCCC1. The lowest BCUT2D eigenvalue weighted by Crippen LogP contribution is -2.49. The van der Waals surface area contributed by atoms with Gasteiger partial charge in [-0.15, -0.1) is 0 Å². The zero-order valence-electron chi connectivity index (χ0n) is 11.2. The van der Waals surface area contributed by atoms with Gasteiger partial charge < -0.3 is 5.11 Å². The lowest BCUT2D eigenvalue weighted by atomic mass is 9.73. The van der Waals surface area contributed by atoms with Gasteiger partial charge in [0.1, 0.15) is 0 Å². The molecule has 0 radical (unpaired) electrons. The molecule has 3 nitrogen and oxygen atoms in total. The highest BCUT2D eigenvalue weighted by atomic mass is 16.4. The third kappa shape index (κ3) is 2.49. The first-order chi connectivity index (χ1) is 7.96. The summed E-state index contributed by atoms with van der Waals surface area (Å²) in [6, 6.07) is 0. The Hall–Kier alpha value is -0.570. The first kappa shape index (κ1) is 12.9. The Labute approximate surface area is 104 Å². The molecular weight excluding hydrogens is 214 g/mol. The number of hydrogen-bond donors (Lipinski definition) is 1. The average Bonchev–Trinajstić information content (AvgIpc) is 2.59. The van der Waals surface area contributed by atoms with E-state index in [1.807, 2.05) is 0 Å². The van der Waals surface area contributed by atoms with Gasteiger partial charge in [0.25, 0.3) is 0 Å². The molecule has 2 fully saturated rings. The fourth-order valence-electron chi connectivity index (χ4n) is 3.49. The van der Waals surface area contributed by atoms with Gasteiger partial charge in [0, 0.05) is 12.1 Å². The molecule has 1 saturated heterocycles. The minimum atomic E-state index is -0.570. The lowest BCUT2D eigenvalue weighted by Gasteiger charge is -2.41. The Morgan fingerprint density at radius 2 is 1.76 bits per heavy atom. The van der Waals surface area contributed by atoms with E-state index < -0.39 is 11.4 Å². The summed E-state index contributed by atoms with van der Waals surface area (Å²) >= 11 is 0. The van der Waals surface area contributed by atoms with E-state index in [0.717, 1.165) is 38.8 Å². The van der Waals surface area contributed by atoms with Crippen molar-refractivity contribution >= 4 is 5.97 Å². The van der Waals surface area contributed by atoms with E-state index in [9.17, 15) is 9.90 Å². The second kappa shape index (κ2) is 4.60. The van der Waals surface area contributed by atoms with E-state index >= 15 is 0 Å². The molecule has 0 amide bonds. The summed E-state index contributed by atoms with van der Waals surface area (Å²) in [6.45, 7) is 6.33. The maximum atomic E-state index is 11.6. The number of rotatable bonds is 3. The quantitative estimate of drug-likeness (QED) is 0.823. The predicted molar refractivity (Wildman–Crippen MR) is 68.0 cm³/mol. The Bertz CT molecular complexity index is 293. The highest BCUT2D eigenvalue weighted by Gasteiger charge is 2.44. The van der Waals surface area contributed by atoms with E-state index in [-0.39, 0.29) is 5.54 Å². The molecule has 17 heavy (non-hydrogen) atoms. The van der Waals surface area contributed by atoms with Crippen LogP contribution in [0.4, 0.5) is 0 Å². The molecule has 0 aromatic heterocycles. The molecule has 0 spiro atoms. The number of nitrogens with zero attached hydrogens (tertiary/aromatic N) is 1. The molecule has 0 aromatic rings. The van der Waals surface area contributed by atoms with Crippen LogP contribution in [0.2, 0.25) is 0 Å². The molecule has 2 rings (SSSR count). The molecule has 3 heteroatoms. The van der Waals surface area contributed by atoms with Crippen LogP contribution >= 0.6 is 0 Å². The van der Waals surface area contributed by atoms with Crippen LogP contribution in [0, 0.1) is 5.41 Å². The van der Waals surface area contributed by atoms with Crippen molar-refractivity contribution < 1.29 is 9.90 Å². The van der Waals surface area contributed by atoms with Crippen LogP contribution in [0.15, 0.2) is 0 Å². The fraction of sp³-hybridized carbons (Fsp3) is 0.929. The van der Waals surface area contributed by atoms with Crippen LogP contribution in [-0.2, 0) is 4.79 Å². The second-order valence-corrected chi connectivity index (χ2v) is 6.48. The van der Waals surface area contributed by atoms with Crippen LogP contribution in [0.5, 0.6) is 0 Å². The zero-order valence-corrected chi connectivity index (χ0v) is 11.2. The molecule has 1 aliphatic carbocycles. The molecule has 2 aliphatic rings. The molecule has 1 aliphatic heterocycles. The topological polar surface area (TPSA) is 40.5 Å². The van der Waals surface area contributed by atoms with Gasteiger partial charge >= 0.3 is 5.97 Å². The van der Waals surface area contributed by atoms with E-state index in [2.05, 4.69) is 18.7 Å². The van der Waals surface area contributed by atoms with Gasteiger partial charge in [-0.25, -0.2) is 0 Å². The first-order valence-electron chi connectivity index (χ1n) is 6.95. The third-order valence-corrected chi connectivity index (χ3v) is 4.83. The Morgan fingerprint density at radius 3 is 2.24 bits per heavy atom. The highest BCUT2D eigenvalue weighted by molar-refractivity contribution is 5.75. The maximum absolute atomic E-state index is 11.6. The van der Waals surface area contributed by atoms with Gasteiger partial charge in [0.05, 0.1) is 5.41 Å². The van der Waals surface area contributed by atoms with Crippen LogP contribution in [0.1, 0.15) is 58.8 Å². The van der Waals surface area contributed by atoms with Gasteiger partial charge in [0.15, 0.2) is 0 Å². The number of hydrogen-bond acceptors (Lipinski definition) is 2.